The summed E-state index contributed by atoms with van der Waals surface area (Å²) in [4.78, 5) is 13.4. The molecule has 0 aliphatic carbocycles. The van der Waals surface area contributed by atoms with Gasteiger partial charge in [0.2, 0.25) is 0 Å². The molecule has 0 saturated carbocycles. The number of aromatic carboxylic acids is 1. The van der Waals surface area contributed by atoms with Crippen LogP contribution < -0.4 is 4.90 Å². The number of benzene rings is 1. The molecule has 0 bridgehead atoms. The molecule has 1 aromatic carbocycles. The lowest BCUT2D eigenvalue weighted by molar-refractivity contribution is 0.0697. The van der Waals surface area contributed by atoms with E-state index in [-0.39, 0.29) is 0 Å². The molecule has 0 aromatic heterocycles. The number of carboxylic acids is 1. The van der Waals surface area contributed by atoms with Gasteiger partial charge in [0.25, 0.3) is 0 Å². The molecule has 17 heavy (non-hydrogen) atoms. The average molecular weight is 231 g/mol. The van der Waals surface area contributed by atoms with Crippen LogP contribution in [0.15, 0.2) is 29.8 Å². The van der Waals surface area contributed by atoms with E-state index in [1.807, 2.05) is 13.0 Å². The van der Waals surface area contributed by atoms with Crippen LogP contribution in [0, 0.1) is 6.92 Å². The van der Waals surface area contributed by atoms with Gasteiger partial charge in [-0.3, -0.25) is 0 Å². The number of carbonyl (C=O) groups is 1. The van der Waals surface area contributed by atoms with E-state index >= 15 is 0 Å². The molecule has 0 unspecified atom stereocenters. The van der Waals surface area contributed by atoms with Crippen LogP contribution in [0.1, 0.15) is 29.3 Å². The van der Waals surface area contributed by atoms with Crippen molar-refractivity contribution in [1.82, 2.24) is 0 Å². The molecule has 0 saturated heterocycles. The highest BCUT2D eigenvalue weighted by Crippen LogP contribution is 2.27. The Morgan fingerprint density at radius 2 is 2.12 bits per heavy atom. The third-order valence-electron chi connectivity index (χ3n) is 3.22. The molecule has 2 rings (SSSR count). The number of hydrogen-bond acceptors (Lipinski definition) is 2. The van der Waals surface area contributed by atoms with Crippen LogP contribution >= 0.6 is 0 Å². The first-order valence-electron chi connectivity index (χ1n) is 5.83. The van der Waals surface area contributed by atoms with Gasteiger partial charge in [0.15, 0.2) is 0 Å². The van der Waals surface area contributed by atoms with Crippen LogP contribution in [-0.4, -0.2) is 24.2 Å². The topological polar surface area (TPSA) is 40.5 Å². The van der Waals surface area contributed by atoms with Crippen molar-refractivity contribution in [2.45, 2.75) is 20.3 Å². The second-order valence-corrected chi connectivity index (χ2v) is 4.52. The third kappa shape index (κ3) is 2.33. The average Bonchev–Trinajstić information content (AvgIpc) is 2.30. The van der Waals surface area contributed by atoms with Crippen LogP contribution in [0.25, 0.3) is 0 Å². The highest BCUT2D eigenvalue weighted by molar-refractivity contribution is 5.95. The molecule has 1 aliphatic heterocycles. The minimum Gasteiger partial charge on any atom is -0.478 e. The van der Waals surface area contributed by atoms with Crippen molar-refractivity contribution in [2.75, 3.05) is 18.0 Å². The number of aryl methyl sites for hydroxylation is 1. The smallest absolute Gasteiger partial charge is 0.337 e. The largest absolute Gasteiger partial charge is 0.478 e. The van der Waals surface area contributed by atoms with Crippen molar-refractivity contribution in [3.05, 3.63) is 41.0 Å². The molecule has 0 spiro atoms. The van der Waals surface area contributed by atoms with Gasteiger partial charge >= 0.3 is 5.97 Å². The summed E-state index contributed by atoms with van der Waals surface area (Å²) >= 11 is 0. The lowest BCUT2D eigenvalue weighted by Crippen LogP contribution is -2.30. The summed E-state index contributed by atoms with van der Waals surface area (Å²) in [7, 11) is 0. The van der Waals surface area contributed by atoms with E-state index < -0.39 is 5.97 Å². The number of hydrogen-bond donors (Lipinski definition) is 1. The van der Waals surface area contributed by atoms with Gasteiger partial charge in [0.05, 0.1) is 11.3 Å². The van der Waals surface area contributed by atoms with Crippen LogP contribution in [0.3, 0.4) is 0 Å². The fourth-order valence-corrected chi connectivity index (χ4v) is 2.23. The third-order valence-corrected chi connectivity index (χ3v) is 3.22. The van der Waals surface area contributed by atoms with E-state index in [1.165, 1.54) is 5.57 Å². The monoisotopic (exact) mass is 231 g/mol. The number of nitrogens with zero attached hydrogens (tertiary/aromatic N) is 1. The molecule has 90 valence electrons. The fourth-order valence-electron chi connectivity index (χ4n) is 2.23. The van der Waals surface area contributed by atoms with Crippen molar-refractivity contribution in [2.24, 2.45) is 0 Å². The minimum absolute atomic E-state index is 0.401. The molecule has 0 amide bonds. The Morgan fingerprint density at radius 3 is 2.71 bits per heavy atom. The summed E-state index contributed by atoms with van der Waals surface area (Å²) in [6, 6.07) is 5.44. The van der Waals surface area contributed by atoms with Crippen molar-refractivity contribution >= 4 is 11.7 Å². The number of rotatable bonds is 2. The molecule has 3 heteroatoms. The molecule has 0 atom stereocenters. The van der Waals surface area contributed by atoms with E-state index in [0.29, 0.717) is 5.56 Å². The van der Waals surface area contributed by atoms with Gasteiger partial charge in [-0.2, -0.15) is 0 Å². The first kappa shape index (κ1) is 11.7. The van der Waals surface area contributed by atoms with Crippen molar-refractivity contribution in [3.8, 4) is 0 Å². The predicted molar refractivity (Wildman–Crippen MR) is 68.7 cm³/mol. The molecule has 1 aliphatic rings. The summed E-state index contributed by atoms with van der Waals surface area (Å²) in [6.45, 7) is 5.78. The summed E-state index contributed by atoms with van der Waals surface area (Å²) in [5, 5.41) is 9.23. The van der Waals surface area contributed by atoms with Crippen molar-refractivity contribution < 1.29 is 9.90 Å². The quantitative estimate of drug-likeness (QED) is 0.796. The van der Waals surface area contributed by atoms with Gasteiger partial charge in [-0.25, -0.2) is 4.79 Å². The number of para-hydroxylation sites is 1. The SMILES string of the molecule is CC1=CCN(c2c(C)cccc2C(=O)O)CC1. The zero-order valence-corrected chi connectivity index (χ0v) is 10.2. The van der Waals surface area contributed by atoms with E-state index in [9.17, 15) is 9.90 Å². The van der Waals surface area contributed by atoms with E-state index in [1.54, 1.807) is 12.1 Å². The molecule has 1 N–H and O–H groups in total. The number of anilines is 1. The lowest BCUT2D eigenvalue weighted by Gasteiger charge is -2.30. The predicted octanol–water partition coefficient (Wildman–Crippen LogP) is 2.85. The van der Waals surface area contributed by atoms with Crippen LogP contribution in [0.4, 0.5) is 5.69 Å². The Bertz CT molecular complexity index is 477. The second kappa shape index (κ2) is 4.62. The van der Waals surface area contributed by atoms with Gasteiger partial charge in [-0.1, -0.05) is 23.8 Å². The highest BCUT2D eigenvalue weighted by atomic mass is 16.4. The maximum Gasteiger partial charge on any atom is 0.337 e. The summed E-state index contributed by atoms with van der Waals surface area (Å²) < 4.78 is 0. The lowest BCUT2D eigenvalue weighted by atomic mass is 10.0. The molecular formula is C14H17NO2. The van der Waals surface area contributed by atoms with Gasteiger partial charge in [0, 0.05) is 13.1 Å². The van der Waals surface area contributed by atoms with Crippen LogP contribution in [0.5, 0.6) is 0 Å². The summed E-state index contributed by atoms with van der Waals surface area (Å²) in [6.07, 6.45) is 3.18. The Morgan fingerprint density at radius 1 is 1.35 bits per heavy atom. The number of carboxylic acid groups (broad SMARTS) is 1. The maximum atomic E-state index is 11.2. The maximum absolute atomic E-state index is 11.2. The van der Waals surface area contributed by atoms with E-state index in [2.05, 4.69) is 17.9 Å². The van der Waals surface area contributed by atoms with Gasteiger partial charge in [-0.05, 0) is 31.9 Å². The second-order valence-electron chi connectivity index (χ2n) is 4.52. The van der Waals surface area contributed by atoms with Gasteiger partial charge < -0.3 is 10.0 Å². The molecule has 0 fully saturated rings. The zero-order chi connectivity index (χ0) is 12.4. The van der Waals surface area contributed by atoms with Gasteiger partial charge in [0.1, 0.15) is 0 Å². The zero-order valence-electron chi connectivity index (χ0n) is 10.2. The van der Waals surface area contributed by atoms with E-state index in [0.717, 1.165) is 30.8 Å². The summed E-state index contributed by atoms with van der Waals surface area (Å²) in [5.74, 6) is -0.852. The van der Waals surface area contributed by atoms with Crippen LogP contribution in [-0.2, 0) is 0 Å². The van der Waals surface area contributed by atoms with Gasteiger partial charge in [-0.15, -0.1) is 0 Å². The van der Waals surface area contributed by atoms with Crippen LogP contribution in [0.2, 0.25) is 0 Å². The van der Waals surface area contributed by atoms with E-state index in [4.69, 9.17) is 0 Å². The molecule has 1 aromatic rings. The fraction of sp³-hybridized carbons (Fsp3) is 0.357. The summed E-state index contributed by atoms with van der Waals surface area (Å²) in [5.41, 5.74) is 3.67. The van der Waals surface area contributed by atoms with Crippen molar-refractivity contribution in [1.29, 1.82) is 0 Å². The normalized spacial score (nSPS) is 15.6. The molecular weight excluding hydrogens is 214 g/mol. The van der Waals surface area contributed by atoms with Crippen molar-refractivity contribution in [3.63, 3.8) is 0 Å². The Labute approximate surface area is 101 Å². The molecule has 0 radical (unpaired) electrons. The Hall–Kier alpha value is -1.77. The highest BCUT2D eigenvalue weighted by Gasteiger charge is 2.19. The first-order valence-corrected chi connectivity index (χ1v) is 5.83. The Kier molecular flexibility index (Phi) is 3.18. The molecule has 3 nitrogen and oxygen atoms in total. The molecule has 1 heterocycles. The minimum atomic E-state index is -0.852. The first-order chi connectivity index (χ1) is 8.09. The Balaban J connectivity index is 2.41. The standard InChI is InChI=1S/C14H17NO2/c1-10-6-8-15(9-7-10)13-11(2)4-3-5-12(13)14(16)17/h3-6H,7-9H2,1-2H3,(H,16,17).